The molecule has 2 aromatic rings. The molecular formula is C21H24FNO4. The topological polar surface area (TPSA) is 64.6 Å². The van der Waals surface area contributed by atoms with Crippen molar-refractivity contribution in [1.82, 2.24) is 5.32 Å². The third kappa shape index (κ3) is 7.09. The van der Waals surface area contributed by atoms with Gasteiger partial charge in [0.25, 0.3) is 5.91 Å². The molecule has 0 heterocycles. The Morgan fingerprint density at radius 1 is 1.07 bits per heavy atom. The molecule has 6 heteroatoms. The molecule has 2 aromatic carbocycles. The first kappa shape index (κ1) is 20.4. The standard InChI is InChI=1S/C21H24FNO4/c1-2-3-14-26-18-10-8-17(9-11-18)21(25)27-15-20(24)23-13-12-16-6-4-5-7-19(16)22/h4-11H,2-3,12-15H2,1H3,(H,23,24). The van der Waals surface area contributed by atoms with Gasteiger partial charge in [0.1, 0.15) is 11.6 Å². The number of hydrogen-bond acceptors (Lipinski definition) is 4. The largest absolute Gasteiger partial charge is 0.494 e. The fraction of sp³-hybridized carbons (Fsp3) is 0.333. The Bertz CT molecular complexity index is 746. The highest BCUT2D eigenvalue weighted by atomic mass is 19.1. The van der Waals surface area contributed by atoms with E-state index in [0.29, 0.717) is 29.9 Å². The van der Waals surface area contributed by atoms with Crippen molar-refractivity contribution in [2.45, 2.75) is 26.2 Å². The summed E-state index contributed by atoms with van der Waals surface area (Å²) in [6, 6.07) is 13.0. The van der Waals surface area contributed by atoms with Crippen molar-refractivity contribution in [3.05, 3.63) is 65.5 Å². The molecule has 0 saturated carbocycles. The molecule has 0 aliphatic heterocycles. The lowest BCUT2D eigenvalue weighted by Gasteiger charge is -2.08. The van der Waals surface area contributed by atoms with Crippen molar-refractivity contribution in [2.75, 3.05) is 19.8 Å². The molecular weight excluding hydrogens is 349 g/mol. The molecule has 0 atom stereocenters. The Labute approximate surface area is 158 Å². The van der Waals surface area contributed by atoms with Crippen LogP contribution in [0.1, 0.15) is 35.7 Å². The number of carbonyl (C=O) groups is 2. The second-order valence-electron chi connectivity index (χ2n) is 5.99. The normalized spacial score (nSPS) is 10.3. The molecule has 0 bridgehead atoms. The van der Waals surface area contributed by atoms with Gasteiger partial charge in [0.2, 0.25) is 0 Å². The molecule has 1 amide bonds. The van der Waals surface area contributed by atoms with Gasteiger partial charge in [-0.25, -0.2) is 9.18 Å². The first-order valence-corrected chi connectivity index (χ1v) is 9.00. The number of unbranched alkanes of at least 4 members (excludes halogenated alkanes) is 1. The van der Waals surface area contributed by atoms with E-state index in [1.54, 1.807) is 42.5 Å². The SMILES string of the molecule is CCCCOc1ccc(C(=O)OCC(=O)NCCc2ccccc2F)cc1. The van der Waals surface area contributed by atoms with Gasteiger partial charge in [0, 0.05) is 6.54 Å². The first-order valence-electron chi connectivity index (χ1n) is 9.00. The number of hydrogen-bond donors (Lipinski definition) is 1. The van der Waals surface area contributed by atoms with Gasteiger partial charge < -0.3 is 14.8 Å². The number of benzene rings is 2. The number of halogens is 1. The van der Waals surface area contributed by atoms with Crippen LogP contribution in [-0.4, -0.2) is 31.6 Å². The number of rotatable bonds is 10. The van der Waals surface area contributed by atoms with Crippen molar-refractivity contribution in [2.24, 2.45) is 0 Å². The van der Waals surface area contributed by atoms with Crippen LogP contribution in [0.25, 0.3) is 0 Å². The van der Waals surface area contributed by atoms with Gasteiger partial charge in [-0.1, -0.05) is 31.5 Å². The summed E-state index contributed by atoms with van der Waals surface area (Å²) < 4.78 is 24.0. The molecule has 1 N–H and O–H groups in total. The summed E-state index contributed by atoms with van der Waals surface area (Å²) in [5.41, 5.74) is 0.869. The summed E-state index contributed by atoms with van der Waals surface area (Å²) in [6.45, 7) is 2.60. The molecule has 0 radical (unpaired) electrons. The van der Waals surface area contributed by atoms with E-state index in [0.717, 1.165) is 12.8 Å². The molecule has 0 unspecified atom stereocenters. The van der Waals surface area contributed by atoms with Crippen molar-refractivity contribution in [3.8, 4) is 5.75 Å². The zero-order valence-electron chi connectivity index (χ0n) is 15.4. The van der Waals surface area contributed by atoms with Crippen LogP contribution in [0.5, 0.6) is 5.75 Å². The van der Waals surface area contributed by atoms with E-state index in [4.69, 9.17) is 9.47 Å². The van der Waals surface area contributed by atoms with E-state index >= 15 is 0 Å². The summed E-state index contributed by atoms with van der Waals surface area (Å²) in [5, 5.41) is 2.60. The van der Waals surface area contributed by atoms with Gasteiger partial charge in [0.15, 0.2) is 6.61 Å². The number of carbonyl (C=O) groups excluding carboxylic acids is 2. The molecule has 2 rings (SSSR count). The third-order valence-electron chi connectivity index (χ3n) is 3.87. The highest BCUT2D eigenvalue weighted by Gasteiger charge is 2.10. The number of ether oxygens (including phenoxy) is 2. The minimum atomic E-state index is -0.584. The van der Waals surface area contributed by atoms with Crippen molar-refractivity contribution in [3.63, 3.8) is 0 Å². The van der Waals surface area contributed by atoms with Gasteiger partial charge in [-0.15, -0.1) is 0 Å². The molecule has 0 aliphatic carbocycles. The van der Waals surface area contributed by atoms with Gasteiger partial charge in [-0.3, -0.25) is 4.79 Å². The monoisotopic (exact) mass is 373 g/mol. The van der Waals surface area contributed by atoms with Crippen LogP contribution in [-0.2, 0) is 16.0 Å². The van der Waals surface area contributed by atoms with Crippen LogP contribution in [0.15, 0.2) is 48.5 Å². The molecule has 0 saturated heterocycles. The van der Waals surface area contributed by atoms with Gasteiger partial charge >= 0.3 is 5.97 Å². The van der Waals surface area contributed by atoms with E-state index in [1.165, 1.54) is 6.07 Å². The molecule has 144 valence electrons. The smallest absolute Gasteiger partial charge is 0.338 e. The van der Waals surface area contributed by atoms with E-state index in [-0.39, 0.29) is 19.0 Å². The number of esters is 1. The van der Waals surface area contributed by atoms with E-state index in [9.17, 15) is 14.0 Å². The maximum atomic E-state index is 13.5. The highest BCUT2D eigenvalue weighted by Crippen LogP contribution is 2.13. The summed E-state index contributed by atoms with van der Waals surface area (Å²) >= 11 is 0. The zero-order valence-corrected chi connectivity index (χ0v) is 15.4. The van der Waals surface area contributed by atoms with Crippen LogP contribution in [0.4, 0.5) is 4.39 Å². The van der Waals surface area contributed by atoms with Crippen molar-refractivity contribution >= 4 is 11.9 Å². The highest BCUT2D eigenvalue weighted by molar-refractivity contribution is 5.91. The molecule has 27 heavy (non-hydrogen) atoms. The number of nitrogens with one attached hydrogen (secondary N) is 1. The van der Waals surface area contributed by atoms with Crippen LogP contribution in [0.2, 0.25) is 0 Å². The predicted octanol–water partition coefficient (Wildman–Crippen LogP) is 3.52. The Morgan fingerprint density at radius 3 is 2.52 bits per heavy atom. The lowest BCUT2D eigenvalue weighted by Crippen LogP contribution is -2.30. The van der Waals surface area contributed by atoms with E-state index < -0.39 is 11.9 Å². The Balaban J connectivity index is 1.69. The molecule has 0 aliphatic rings. The van der Waals surface area contributed by atoms with Crippen LogP contribution < -0.4 is 10.1 Å². The first-order chi connectivity index (χ1) is 13.1. The summed E-state index contributed by atoms with van der Waals surface area (Å²) in [4.78, 5) is 23.7. The molecule has 0 fully saturated rings. The third-order valence-corrected chi connectivity index (χ3v) is 3.87. The van der Waals surface area contributed by atoms with E-state index in [2.05, 4.69) is 12.2 Å². The van der Waals surface area contributed by atoms with Gasteiger partial charge in [-0.2, -0.15) is 0 Å². The second-order valence-corrected chi connectivity index (χ2v) is 5.99. The number of amides is 1. The summed E-state index contributed by atoms with van der Waals surface area (Å²) in [7, 11) is 0. The lowest BCUT2D eigenvalue weighted by molar-refractivity contribution is -0.124. The average Bonchev–Trinajstić information content (AvgIpc) is 2.68. The Hall–Kier alpha value is -2.89. The average molecular weight is 373 g/mol. The van der Waals surface area contributed by atoms with Crippen LogP contribution in [0, 0.1) is 5.82 Å². The molecule has 0 aromatic heterocycles. The maximum absolute atomic E-state index is 13.5. The maximum Gasteiger partial charge on any atom is 0.338 e. The molecule has 5 nitrogen and oxygen atoms in total. The van der Waals surface area contributed by atoms with Crippen molar-refractivity contribution in [1.29, 1.82) is 0 Å². The van der Waals surface area contributed by atoms with E-state index in [1.807, 2.05) is 0 Å². The fourth-order valence-corrected chi connectivity index (χ4v) is 2.32. The van der Waals surface area contributed by atoms with Crippen LogP contribution >= 0.6 is 0 Å². The minimum absolute atomic E-state index is 0.265. The minimum Gasteiger partial charge on any atom is -0.494 e. The fourth-order valence-electron chi connectivity index (χ4n) is 2.32. The predicted molar refractivity (Wildman–Crippen MR) is 100 cm³/mol. The summed E-state index contributed by atoms with van der Waals surface area (Å²) in [6.07, 6.45) is 2.38. The zero-order chi connectivity index (χ0) is 19.5. The molecule has 0 spiro atoms. The second kappa shape index (κ2) is 11.0. The van der Waals surface area contributed by atoms with Gasteiger partial charge in [-0.05, 0) is 48.7 Å². The lowest BCUT2D eigenvalue weighted by atomic mass is 10.1. The van der Waals surface area contributed by atoms with Crippen LogP contribution in [0.3, 0.4) is 0 Å². The van der Waals surface area contributed by atoms with Crippen molar-refractivity contribution < 1.29 is 23.5 Å². The Kier molecular flexibility index (Phi) is 8.29. The Morgan fingerprint density at radius 2 is 1.81 bits per heavy atom. The van der Waals surface area contributed by atoms with Gasteiger partial charge in [0.05, 0.1) is 12.2 Å². The summed E-state index contributed by atoms with van der Waals surface area (Å²) in [5.74, 6) is -0.634. The quantitative estimate of drug-likeness (QED) is 0.511.